The third kappa shape index (κ3) is 6.49. The van der Waals surface area contributed by atoms with Gasteiger partial charge in [-0.05, 0) is 33.8 Å². The van der Waals surface area contributed by atoms with Gasteiger partial charge in [-0.1, -0.05) is 80.1 Å². The highest BCUT2D eigenvalue weighted by Crippen LogP contribution is 2.17. The largest absolute Gasteiger partial charge is 0.488 e. The molecule has 4 nitrogen and oxygen atoms in total. The van der Waals surface area contributed by atoms with Crippen LogP contribution in [0.4, 0.5) is 0 Å². The molecule has 0 amide bonds. The Balaban J connectivity index is 0.000000199. The number of nitrogens with one attached hydrogen (secondary N) is 1. The van der Waals surface area contributed by atoms with Crippen molar-refractivity contribution in [1.29, 1.82) is 0 Å². The van der Waals surface area contributed by atoms with E-state index in [1.165, 1.54) is 16.3 Å². The summed E-state index contributed by atoms with van der Waals surface area (Å²) in [4.78, 5) is 0. The zero-order valence-corrected chi connectivity index (χ0v) is 15.9. The van der Waals surface area contributed by atoms with Gasteiger partial charge in [-0.2, -0.15) is 0 Å². The minimum atomic E-state index is -1.34. The van der Waals surface area contributed by atoms with Gasteiger partial charge in [0.2, 0.25) is 0 Å². The van der Waals surface area contributed by atoms with Gasteiger partial charge in [-0.3, -0.25) is 0 Å². The summed E-state index contributed by atoms with van der Waals surface area (Å²) >= 11 is 0. The maximum atomic E-state index is 8.99. The van der Waals surface area contributed by atoms with Crippen molar-refractivity contribution in [2.75, 3.05) is 13.1 Å². The molecule has 0 heterocycles. The third-order valence-corrected chi connectivity index (χ3v) is 4.37. The molecule has 0 spiro atoms. The Morgan fingerprint density at radius 3 is 2.30 bits per heavy atom. The van der Waals surface area contributed by atoms with E-state index in [1.54, 1.807) is 6.07 Å². The summed E-state index contributed by atoms with van der Waals surface area (Å²) in [6.07, 6.45) is 1.91. The van der Waals surface area contributed by atoms with Gasteiger partial charge >= 0.3 is 7.12 Å². The molecule has 0 aliphatic carbocycles. The average Bonchev–Trinajstić information content (AvgIpc) is 2.69. The highest BCUT2D eigenvalue weighted by Gasteiger charge is 2.13. The van der Waals surface area contributed by atoms with E-state index in [4.69, 9.17) is 15.8 Å². The van der Waals surface area contributed by atoms with Crippen LogP contribution in [0.5, 0.6) is 0 Å². The van der Waals surface area contributed by atoms with Crippen LogP contribution in [-0.4, -0.2) is 30.3 Å². The molecular weight excluding hydrogens is 335 g/mol. The van der Waals surface area contributed by atoms with Crippen molar-refractivity contribution in [2.24, 2.45) is 5.73 Å². The molecule has 0 saturated heterocycles. The minimum Gasteiger partial charge on any atom is -0.423 e. The van der Waals surface area contributed by atoms with Crippen LogP contribution in [0.2, 0.25) is 0 Å². The molecule has 3 rings (SSSR count). The van der Waals surface area contributed by atoms with E-state index in [0.717, 1.165) is 31.5 Å². The summed E-state index contributed by atoms with van der Waals surface area (Å²) in [5.74, 6) is 0. The Kier molecular flexibility index (Phi) is 9.01. The Morgan fingerprint density at radius 2 is 1.56 bits per heavy atom. The first-order chi connectivity index (χ1) is 13.2. The molecule has 5 N–H and O–H groups in total. The van der Waals surface area contributed by atoms with Crippen LogP contribution in [0.15, 0.2) is 66.7 Å². The lowest BCUT2D eigenvalue weighted by atomic mass is 9.76. The third-order valence-electron chi connectivity index (χ3n) is 4.37. The van der Waals surface area contributed by atoms with Crippen LogP contribution >= 0.6 is 0 Å². The molecule has 142 valence electrons. The van der Waals surface area contributed by atoms with E-state index in [0.29, 0.717) is 12.0 Å². The monoisotopic (exact) mass is 364 g/mol. The molecule has 0 bridgehead atoms. The fourth-order valence-corrected chi connectivity index (χ4v) is 3.05. The summed E-state index contributed by atoms with van der Waals surface area (Å²) in [6.45, 7) is 4.51. The van der Waals surface area contributed by atoms with E-state index in [2.05, 4.69) is 54.7 Å². The van der Waals surface area contributed by atoms with Crippen molar-refractivity contribution in [3.63, 3.8) is 0 Å². The maximum Gasteiger partial charge on any atom is 0.488 e. The van der Waals surface area contributed by atoms with E-state index in [-0.39, 0.29) is 0 Å². The number of benzene rings is 3. The van der Waals surface area contributed by atoms with Crippen LogP contribution in [0.3, 0.4) is 0 Å². The molecule has 0 saturated carbocycles. The van der Waals surface area contributed by atoms with Gasteiger partial charge in [0, 0.05) is 19.6 Å². The lowest BCUT2D eigenvalue weighted by Crippen LogP contribution is -2.32. The number of hydrogen-bond donors (Lipinski definition) is 4. The quantitative estimate of drug-likeness (QED) is 0.383. The molecular formula is C22H29BN2O2. The molecule has 3 aromatic rings. The molecule has 0 aliphatic rings. The lowest BCUT2D eigenvalue weighted by molar-refractivity contribution is 0.425. The Bertz CT molecular complexity index is 819. The van der Waals surface area contributed by atoms with Crippen molar-refractivity contribution in [1.82, 2.24) is 5.32 Å². The zero-order chi connectivity index (χ0) is 19.5. The van der Waals surface area contributed by atoms with Gasteiger partial charge < -0.3 is 21.1 Å². The van der Waals surface area contributed by atoms with Crippen LogP contribution in [-0.2, 0) is 13.0 Å². The maximum absolute atomic E-state index is 8.99. The van der Waals surface area contributed by atoms with Crippen molar-refractivity contribution in [3.05, 3.63) is 77.9 Å². The second-order valence-electron chi connectivity index (χ2n) is 6.43. The normalized spacial score (nSPS) is 10.4. The fraction of sp³-hybridized carbons (Fsp3) is 0.273. The fourth-order valence-electron chi connectivity index (χ4n) is 3.05. The molecule has 3 aromatic carbocycles. The minimum absolute atomic E-state index is 0.624. The van der Waals surface area contributed by atoms with E-state index < -0.39 is 7.12 Å². The van der Waals surface area contributed by atoms with Gasteiger partial charge in [-0.15, -0.1) is 0 Å². The lowest BCUT2D eigenvalue weighted by Gasteiger charge is -2.07. The first kappa shape index (κ1) is 21.1. The topological polar surface area (TPSA) is 78.5 Å². The van der Waals surface area contributed by atoms with Gasteiger partial charge in [-0.25, -0.2) is 0 Å². The smallest absolute Gasteiger partial charge is 0.423 e. The number of aryl methyl sites for hydroxylation is 1. The predicted molar refractivity (Wildman–Crippen MR) is 115 cm³/mol. The second-order valence-corrected chi connectivity index (χ2v) is 6.43. The first-order valence-electron chi connectivity index (χ1n) is 9.48. The summed E-state index contributed by atoms with van der Waals surface area (Å²) in [5.41, 5.74) is 8.43. The van der Waals surface area contributed by atoms with E-state index in [1.807, 2.05) is 18.2 Å². The molecule has 0 unspecified atom stereocenters. The molecule has 27 heavy (non-hydrogen) atoms. The molecule has 0 fully saturated rings. The van der Waals surface area contributed by atoms with E-state index >= 15 is 0 Å². The predicted octanol–water partition coefficient (Wildman–Crippen LogP) is 2.21. The first-order valence-corrected chi connectivity index (χ1v) is 9.48. The van der Waals surface area contributed by atoms with Crippen LogP contribution in [0, 0.1) is 0 Å². The van der Waals surface area contributed by atoms with Crippen molar-refractivity contribution >= 4 is 23.4 Å². The number of nitrogens with two attached hydrogens (primary N) is 1. The Morgan fingerprint density at radius 1 is 0.889 bits per heavy atom. The average molecular weight is 364 g/mol. The van der Waals surface area contributed by atoms with Gasteiger partial charge in [0.15, 0.2) is 0 Å². The Hall–Kier alpha value is -2.18. The van der Waals surface area contributed by atoms with Crippen molar-refractivity contribution < 1.29 is 10.0 Å². The molecule has 0 radical (unpaired) electrons. The molecule has 5 heteroatoms. The summed E-state index contributed by atoms with van der Waals surface area (Å²) in [7, 11) is -1.34. The van der Waals surface area contributed by atoms with Crippen molar-refractivity contribution in [3.8, 4) is 0 Å². The number of fused-ring (bicyclic) bond motifs is 1. The highest BCUT2D eigenvalue weighted by atomic mass is 16.4. The van der Waals surface area contributed by atoms with E-state index in [9.17, 15) is 0 Å². The van der Waals surface area contributed by atoms with Crippen LogP contribution < -0.4 is 16.5 Å². The van der Waals surface area contributed by atoms with Crippen LogP contribution in [0.1, 0.15) is 24.5 Å². The summed E-state index contributed by atoms with van der Waals surface area (Å²) in [6, 6.07) is 22.2. The summed E-state index contributed by atoms with van der Waals surface area (Å²) in [5, 5.41) is 23.9. The molecule has 0 atom stereocenters. The highest BCUT2D eigenvalue weighted by molar-refractivity contribution is 6.59. The number of hydrogen-bond acceptors (Lipinski definition) is 4. The van der Waals surface area contributed by atoms with Gasteiger partial charge in [0.1, 0.15) is 0 Å². The number of rotatable bonds is 7. The Labute approximate surface area is 162 Å². The van der Waals surface area contributed by atoms with Crippen LogP contribution in [0.25, 0.3) is 10.8 Å². The SMILES string of the molecule is CCCc1ccccc1B(O)O.NCCNCc1cccc2ccccc12. The standard InChI is InChI=1S/C13H16N2.C9H13BO2/c14-8-9-15-10-12-6-3-5-11-4-1-2-7-13(11)12;1-2-5-8-6-3-4-7-9(8)10(11)12/h1-7,15H,8-10,14H2;3-4,6-7,11-12H,2,5H2,1H3. The summed E-state index contributed by atoms with van der Waals surface area (Å²) < 4.78 is 0. The second kappa shape index (κ2) is 11.5. The van der Waals surface area contributed by atoms with Crippen molar-refractivity contribution in [2.45, 2.75) is 26.3 Å². The molecule has 0 aromatic heterocycles. The van der Waals surface area contributed by atoms with Gasteiger partial charge in [0.25, 0.3) is 0 Å². The van der Waals surface area contributed by atoms with Gasteiger partial charge in [0.05, 0.1) is 0 Å². The zero-order valence-electron chi connectivity index (χ0n) is 15.9. The molecule has 0 aliphatic heterocycles.